The minimum atomic E-state index is -0.800. The minimum absolute atomic E-state index is 0.120. The quantitative estimate of drug-likeness (QED) is 0.516. The molecule has 5 nitrogen and oxygen atoms in total. The van der Waals surface area contributed by atoms with Crippen LogP contribution < -0.4 is 5.01 Å². The molecule has 2 heterocycles. The van der Waals surface area contributed by atoms with Crippen molar-refractivity contribution in [1.29, 1.82) is 0 Å². The van der Waals surface area contributed by atoms with Crippen LogP contribution in [0.3, 0.4) is 0 Å². The lowest BCUT2D eigenvalue weighted by molar-refractivity contribution is 0.0358. The molecule has 5 rings (SSSR count). The number of hydrazone groups is 2. The van der Waals surface area contributed by atoms with Gasteiger partial charge in [0.05, 0.1) is 16.8 Å². The summed E-state index contributed by atoms with van der Waals surface area (Å²) in [5, 5.41) is 13.7. The van der Waals surface area contributed by atoms with Crippen LogP contribution in [0.4, 0.5) is 5.69 Å². The number of para-hydroxylation sites is 1. The molecule has 1 atom stereocenters. The van der Waals surface area contributed by atoms with Crippen molar-refractivity contribution in [3.63, 3.8) is 0 Å². The van der Waals surface area contributed by atoms with E-state index in [4.69, 9.17) is 10.2 Å². The lowest BCUT2D eigenvalue weighted by Gasteiger charge is -2.47. The third kappa shape index (κ3) is 3.18. The number of carbonyl (C=O) groups excluding carboxylic acids is 1. The third-order valence-corrected chi connectivity index (χ3v) is 7.09. The fraction of sp³-hybridized carbons (Fsp3) is 0.250. The van der Waals surface area contributed by atoms with Crippen LogP contribution in [-0.2, 0) is 0 Å². The predicted molar refractivity (Wildman–Crippen MR) is 133 cm³/mol. The number of rotatable bonds is 3. The van der Waals surface area contributed by atoms with Gasteiger partial charge in [0.15, 0.2) is 5.66 Å². The van der Waals surface area contributed by atoms with Gasteiger partial charge in [0.25, 0.3) is 5.91 Å². The molecule has 2 aliphatic heterocycles. The molecule has 0 aromatic heterocycles. The molecule has 33 heavy (non-hydrogen) atoms. The Balaban J connectivity index is 1.69. The van der Waals surface area contributed by atoms with Gasteiger partial charge in [-0.25, -0.2) is 10.0 Å². The number of nitrogens with zero attached hydrogens (tertiary/aromatic N) is 4. The first-order chi connectivity index (χ1) is 15.8. The minimum Gasteiger partial charge on any atom is -0.267 e. The molecule has 0 N–H and O–H groups in total. The molecule has 0 bridgehead atoms. The fourth-order valence-corrected chi connectivity index (χ4v) is 4.77. The van der Waals surface area contributed by atoms with Crippen LogP contribution in [0.5, 0.6) is 0 Å². The first kappa shape index (κ1) is 21.1. The summed E-state index contributed by atoms with van der Waals surface area (Å²) in [7, 11) is 0. The van der Waals surface area contributed by atoms with E-state index >= 15 is 0 Å². The summed E-state index contributed by atoms with van der Waals surface area (Å²) in [6, 6.07) is 27.9. The van der Waals surface area contributed by atoms with E-state index in [1.807, 2.05) is 91.7 Å². The van der Waals surface area contributed by atoms with Crippen molar-refractivity contribution in [2.45, 2.75) is 39.8 Å². The molecular weight excluding hydrogens is 408 g/mol. The van der Waals surface area contributed by atoms with E-state index in [9.17, 15) is 4.79 Å². The molecule has 3 aromatic carbocycles. The smallest absolute Gasteiger partial charge is 0.267 e. The van der Waals surface area contributed by atoms with Gasteiger partial charge >= 0.3 is 0 Å². The Morgan fingerprint density at radius 1 is 0.818 bits per heavy atom. The van der Waals surface area contributed by atoms with Crippen LogP contribution in [0, 0.1) is 12.3 Å². The standard InChI is InChI=1S/C28H28N4O/c1-20-15-17-23(18-16-20)26(33)32-28(27(3,4)21(2)29-32)19-25(22-11-7-5-8-12-22)30-31(28)24-13-9-6-10-14-24/h5-18H,19H2,1-4H3. The molecular formula is C28H28N4O. The SMILES string of the molecule is CC1=NN(C(=O)c2ccc(C)cc2)C2(CC(c3ccccc3)=NN2c2ccccc2)C1(C)C. The second-order valence-corrected chi connectivity index (χ2v) is 9.35. The Kier molecular flexibility index (Phi) is 4.93. The van der Waals surface area contributed by atoms with Crippen LogP contribution in [-0.4, -0.2) is 28.0 Å². The number of anilines is 1. The maximum absolute atomic E-state index is 13.9. The van der Waals surface area contributed by atoms with Gasteiger partial charge in [0, 0.05) is 17.7 Å². The first-order valence-corrected chi connectivity index (χ1v) is 11.3. The number of hydrogen-bond donors (Lipinski definition) is 0. The molecule has 0 radical (unpaired) electrons. The maximum Gasteiger partial charge on any atom is 0.276 e. The monoisotopic (exact) mass is 436 g/mol. The van der Waals surface area contributed by atoms with E-state index in [1.54, 1.807) is 5.01 Å². The van der Waals surface area contributed by atoms with Gasteiger partial charge in [-0.15, -0.1) is 0 Å². The Bertz CT molecular complexity index is 1250. The largest absolute Gasteiger partial charge is 0.276 e. The molecule has 3 aromatic rings. The van der Waals surface area contributed by atoms with Crippen molar-refractivity contribution in [2.75, 3.05) is 5.01 Å². The molecule has 2 aliphatic rings. The number of carbonyl (C=O) groups is 1. The summed E-state index contributed by atoms with van der Waals surface area (Å²) < 4.78 is 0. The lowest BCUT2D eigenvalue weighted by Crippen LogP contribution is -2.63. The lowest BCUT2D eigenvalue weighted by atomic mass is 9.72. The highest BCUT2D eigenvalue weighted by molar-refractivity contribution is 6.08. The maximum atomic E-state index is 13.9. The highest BCUT2D eigenvalue weighted by Crippen LogP contribution is 2.53. The molecule has 0 saturated carbocycles. The average Bonchev–Trinajstić information content (AvgIpc) is 3.33. The van der Waals surface area contributed by atoms with E-state index in [0.29, 0.717) is 12.0 Å². The van der Waals surface area contributed by atoms with E-state index < -0.39 is 11.1 Å². The Labute approximate surface area is 195 Å². The summed E-state index contributed by atoms with van der Waals surface area (Å²) in [5.41, 5.74) is 4.34. The van der Waals surface area contributed by atoms with Gasteiger partial charge in [0.2, 0.25) is 0 Å². The Morgan fingerprint density at radius 3 is 2.06 bits per heavy atom. The van der Waals surface area contributed by atoms with Gasteiger partial charge in [0.1, 0.15) is 0 Å². The van der Waals surface area contributed by atoms with Crippen LogP contribution in [0.2, 0.25) is 0 Å². The molecule has 5 heteroatoms. The van der Waals surface area contributed by atoms with Crippen LogP contribution in [0.15, 0.2) is 95.1 Å². The number of amides is 1. The summed E-state index contributed by atoms with van der Waals surface area (Å²) in [5.74, 6) is -0.120. The van der Waals surface area contributed by atoms with Crippen molar-refractivity contribution in [1.82, 2.24) is 5.01 Å². The zero-order chi connectivity index (χ0) is 23.2. The summed E-state index contributed by atoms with van der Waals surface area (Å²) >= 11 is 0. The van der Waals surface area contributed by atoms with Crippen molar-refractivity contribution >= 4 is 23.0 Å². The second kappa shape index (κ2) is 7.69. The topological polar surface area (TPSA) is 48.3 Å². The molecule has 0 fully saturated rings. The highest BCUT2D eigenvalue weighted by Gasteiger charge is 2.64. The van der Waals surface area contributed by atoms with Crippen molar-refractivity contribution < 1.29 is 4.79 Å². The van der Waals surface area contributed by atoms with Gasteiger partial charge < -0.3 is 0 Å². The zero-order valence-electron chi connectivity index (χ0n) is 19.5. The van der Waals surface area contributed by atoms with Gasteiger partial charge in [-0.05, 0) is 43.7 Å². The number of hydrogen-bond acceptors (Lipinski definition) is 4. The summed E-state index contributed by atoms with van der Waals surface area (Å²) in [6.45, 7) is 8.35. The molecule has 1 spiro atoms. The normalized spacial score (nSPS) is 21.3. The molecule has 1 amide bonds. The fourth-order valence-electron chi connectivity index (χ4n) is 4.77. The Hall–Kier alpha value is -3.73. The van der Waals surface area contributed by atoms with Gasteiger partial charge in [-0.2, -0.15) is 10.2 Å². The highest BCUT2D eigenvalue weighted by atomic mass is 16.2. The summed E-state index contributed by atoms with van der Waals surface area (Å²) in [6.07, 6.45) is 0.567. The Morgan fingerprint density at radius 2 is 1.42 bits per heavy atom. The summed E-state index contributed by atoms with van der Waals surface area (Å²) in [4.78, 5) is 13.9. The average molecular weight is 437 g/mol. The van der Waals surface area contributed by atoms with E-state index in [1.165, 1.54) is 0 Å². The second-order valence-electron chi connectivity index (χ2n) is 9.35. The first-order valence-electron chi connectivity index (χ1n) is 11.3. The third-order valence-electron chi connectivity index (χ3n) is 7.09. The van der Waals surface area contributed by atoms with Crippen molar-refractivity contribution in [3.05, 3.63) is 102 Å². The molecule has 1 unspecified atom stereocenters. The van der Waals surface area contributed by atoms with Crippen molar-refractivity contribution in [2.24, 2.45) is 15.6 Å². The van der Waals surface area contributed by atoms with Crippen LogP contribution in [0.1, 0.15) is 48.7 Å². The zero-order valence-corrected chi connectivity index (χ0v) is 19.5. The van der Waals surface area contributed by atoms with Gasteiger partial charge in [-0.1, -0.05) is 80.1 Å². The van der Waals surface area contributed by atoms with Gasteiger partial charge in [-0.3, -0.25) is 4.79 Å². The number of benzene rings is 3. The van der Waals surface area contributed by atoms with Crippen LogP contribution in [0.25, 0.3) is 0 Å². The predicted octanol–water partition coefficient (Wildman–Crippen LogP) is 5.86. The van der Waals surface area contributed by atoms with E-state index in [2.05, 4.69) is 26.0 Å². The van der Waals surface area contributed by atoms with Crippen molar-refractivity contribution in [3.8, 4) is 0 Å². The number of aryl methyl sites for hydroxylation is 1. The molecule has 166 valence electrons. The van der Waals surface area contributed by atoms with Crippen LogP contribution >= 0.6 is 0 Å². The van der Waals surface area contributed by atoms with E-state index in [0.717, 1.165) is 28.2 Å². The molecule has 0 saturated heterocycles. The van der Waals surface area contributed by atoms with E-state index in [-0.39, 0.29) is 5.91 Å². The molecule has 0 aliphatic carbocycles.